The molecule has 2 amide bonds. The van der Waals surface area contributed by atoms with Crippen LogP contribution in [0.5, 0.6) is 0 Å². The lowest BCUT2D eigenvalue weighted by molar-refractivity contribution is -0.134. The number of nitrogens with zero attached hydrogens (tertiary/aromatic N) is 3. The van der Waals surface area contributed by atoms with Gasteiger partial charge in [0.05, 0.1) is 24.3 Å². The van der Waals surface area contributed by atoms with E-state index in [9.17, 15) is 18.0 Å². The van der Waals surface area contributed by atoms with Crippen molar-refractivity contribution in [1.82, 2.24) is 9.21 Å². The van der Waals surface area contributed by atoms with E-state index in [0.717, 1.165) is 42.8 Å². The smallest absolute Gasteiger partial charge is 0.241 e. The third-order valence-electron chi connectivity index (χ3n) is 7.53. The third-order valence-corrected chi connectivity index (χ3v) is 8.69. The monoisotopic (exact) mass is 541 g/mol. The highest BCUT2D eigenvalue weighted by atomic mass is 35.5. The van der Waals surface area contributed by atoms with Crippen molar-refractivity contribution in [3.63, 3.8) is 0 Å². The Kier molecular flexibility index (Phi) is 12.0. The molecule has 3 rings (SSSR count). The number of hydrogen-bond donors (Lipinski definition) is 0. The number of carbonyl (C=O) groups excluding carboxylic acids is 2. The second-order valence-corrected chi connectivity index (χ2v) is 12.1. The summed E-state index contributed by atoms with van der Waals surface area (Å²) >= 11 is 0. The largest absolute Gasteiger partial charge is 0.375 e. The van der Waals surface area contributed by atoms with Gasteiger partial charge in [0, 0.05) is 32.2 Å². The van der Waals surface area contributed by atoms with E-state index in [1.807, 2.05) is 17.9 Å². The number of carbonyl (C=O) groups is 2. The molecular weight excluding hydrogens is 498 g/mol. The van der Waals surface area contributed by atoms with E-state index < -0.39 is 15.9 Å². The van der Waals surface area contributed by atoms with Crippen LogP contribution in [-0.4, -0.2) is 67.9 Å². The number of unbranched alkanes of at least 4 members (excludes halogenated alkanes) is 6. The quantitative estimate of drug-likeness (QED) is 0.314. The van der Waals surface area contributed by atoms with Crippen LogP contribution < -0.4 is 4.90 Å². The average molecular weight is 542 g/mol. The van der Waals surface area contributed by atoms with Gasteiger partial charge >= 0.3 is 0 Å². The van der Waals surface area contributed by atoms with Gasteiger partial charge in [-0.25, -0.2) is 12.7 Å². The van der Waals surface area contributed by atoms with Crippen LogP contribution in [0.1, 0.15) is 77.6 Å². The molecule has 2 heterocycles. The van der Waals surface area contributed by atoms with Gasteiger partial charge in [0.25, 0.3) is 0 Å². The first-order valence-corrected chi connectivity index (χ1v) is 15.2. The van der Waals surface area contributed by atoms with Gasteiger partial charge in [-0.3, -0.25) is 9.59 Å². The first-order valence-electron chi connectivity index (χ1n) is 13.3. The van der Waals surface area contributed by atoms with Gasteiger partial charge in [0.2, 0.25) is 21.8 Å². The van der Waals surface area contributed by atoms with Crippen molar-refractivity contribution < 1.29 is 18.0 Å². The summed E-state index contributed by atoms with van der Waals surface area (Å²) in [6, 6.07) is 9.77. The minimum Gasteiger partial charge on any atom is -0.375 e. The molecule has 0 N–H and O–H groups in total. The Bertz CT molecular complexity index is 944. The molecule has 3 atom stereocenters. The zero-order valence-electron chi connectivity index (χ0n) is 22.1. The van der Waals surface area contributed by atoms with E-state index in [1.165, 1.54) is 31.4 Å². The van der Waals surface area contributed by atoms with Crippen LogP contribution in [0, 0.1) is 5.92 Å². The number of para-hydroxylation sites is 1. The molecule has 0 aliphatic carbocycles. The van der Waals surface area contributed by atoms with Crippen LogP contribution in [0.2, 0.25) is 0 Å². The van der Waals surface area contributed by atoms with Gasteiger partial charge in [-0.1, -0.05) is 63.6 Å². The predicted molar refractivity (Wildman–Crippen MR) is 148 cm³/mol. The molecule has 0 unspecified atom stereocenters. The summed E-state index contributed by atoms with van der Waals surface area (Å²) in [6.07, 6.45) is 11.4. The van der Waals surface area contributed by atoms with Crippen LogP contribution in [0.4, 0.5) is 5.69 Å². The van der Waals surface area contributed by atoms with Gasteiger partial charge in [-0.2, -0.15) is 0 Å². The van der Waals surface area contributed by atoms with Gasteiger partial charge in [0.1, 0.15) is 0 Å². The van der Waals surface area contributed by atoms with Crippen molar-refractivity contribution >= 4 is 39.9 Å². The fourth-order valence-electron chi connectivity index (χ4n) is 5.78. The highest BCUT2D eigenvalue weighted by molar-refractivity contribution is 7.88. The fourth-order valence-corrected chi connectivity index (χ4v) is 6.97. The lowest BCUT2D eigenvalue weighted by Gasteiger charge is -2.27. The number of anilines is 1. The molecule has 0 bridgehead atoms. The number of likely N-dealkylation sites (tertiary alicyclic amines) is 1. The zero-order valence-corrected chi connectivity index (χ0v) is 23.7. The van der Waals surface area contributed by atoms with Crippen molar-refractivity contribution in [2.24, 2.45) is 5.92 Å². The molecule has 2 saturated heterocycles. The van der Waals surface area contributed by atoms with Crippen LogP contribution in [0.15, 0.2) is 30.3 Å². The molecular formula is C27H44ClN3O4S. The highest BCUT2D eigenvalue weighted by Gasteiger charge is 2.56. The molecule has 2 aliphatic rings. The first-order chi connectivity index (χ1) is 16.8. The van der Waals surface area contributed by atoms with Crippen LogP contribution in [0.3, 0.4) is 0 Å². The van der Waals surface area contributed by atoms with E-state index in [0.29, 0.717) is 25.8 Å². The van der Waals surface area contributed by atoms with E-state index >= 15 is 0 Å². The summed E-state index contributed by atoms with van der Waals surface area (Å²) in [5.74, 6) is -0.644. The number of fused-ring (bicyclic) bond motifs is 1. The summed E-state index contributed by atoms with van der Waals surface area (Å²) in [5, 5.41) is 0. The van der Waals surface area contributed by atoms with E-state index in [2.05, 4.69) is 36.2 Å². The first kappa shape index (κ1) is 30.4. The molecule has 0 aromatic heterocycles. The number of halogens is 1. The molecule has 1 aromatic rings. The van der Waals surface area contributed by atoms with Crippen LogP contribution >= 0.6 is 12.4 Å². The summed E-state index contributed by atoms with van der Waals surface area (Å²) in [4.78, 5) is 30.0. The maximum absolute atomic E-state index is 13.0. The lowest BCUT2D eigenvalue weighted by atomic mass is 9.94. The van der Waals surface area contributed by atoms with Crippen LogP contribution in [-0.2, 0) is 19.6 Å². The Morgan fingerprint density at radius 2 is 1.64 bits per heavy atom. The summed E-state index contributed by atoms with van der Waals surface area (Å²) in [7, 11) is -1.48. The molecule has 36 heavy (non-hydrogen) atoms. The predicted octanol–water partition coefficient (Wildman–Crippen LogP) is 4.85. The Hall–Kier alpha value is -1.80. The van der Waals surface area contributed by atoms with Gasteiger partial charge in [0.15, 0.2) is 0 Å². The standard InChI is InChI=1S/C27H43N3O4S.ClH/c1-4-15-23-26-24(30(27(23)32)35(3,33)34)19-21-29(26)25(31)18-13-8-6-5-7-9-14-20-28(2)22-16-11-10-12-17-22;/h10-12,16-17,23-24,26H,4-9,13-15,18-21H2,1-3H3;1H/t23-,24+,26-;/m1./s1. The lowest BCUT2D eigenvalue weighted by Crippen LogP contribution is -2.43. The maximum atomic E-state index is 13.0. The highest BCUT2D eigenvalue weighted by Crippen LogP contribution is 2.40. The molecule has 204 valence electrons. The molecule has 2 fully saturated rings. The summed E-state index contributed by atoms with van der Waals surface area (Å²) in [6.45, 7) is 3.61. The Labute approximate surface area is 224 Å². The Balaban J connectivity index is 0.00000456. The van der Waals surface area contributed by atoms with E-state index in [4.69, 9.17) is 0 Å². The SMILES string of the molecule is CCC[C@H]1C(=O)N(S(C)(=O)=O)[C@H]2CCN(C(=O)CCCCCCCCCN(C)c3ccccc3)[C@H]12.Cl. The molecule has 0 radical (unpaired) electrons. The summed E-state index contributed by atoms with van der Waals surface area (Å²) < 4.78 is 25.6. The molecule has 9 heteroatoms. The minimum absolute atomic E-state index is 0. The van der Waals surface area contributed by atoms with Crippen molar-refractivity contribution in [1.29, 1.82) is 0 Å². The maximum Gasteiger partial charge on any atom is 0.241 e. The van der Waals surface area contributed by atoms with Crippen LogP contribution in [0.25, 0.3) is 0 Å². The van der Waals surface area contributed by atoms with E-state index in [-0.39, 0.29) is 36.3 Å². The number of benzene rings is 1. The number of hydrogen-bond acceptors (Lipinski definition) is 5. The van der Waals surface area contributed by atoms with Crippen molar-refractivity contribution in [2.45, 2.75) is 89.6 Å². The van der Waals surface area contributed by atoms with Crippen molar-refractivity contribution in [3.05, 3.63) is 30.3 Å². The summed E-state index contributed by atoms with van der Waals surface area (Å²) in [5.41, 5.74) is 1.26. The Morgan fingerprint density at radius 3 is 2.25 bits per heavy atom. The fraction of sp³-hybridized carbons (Fsp3) is 0.704. The van der Waals surface area contributed by atoms with E-state index in [1.54, 1.807) is 0 Å². The Morgan fingerprint density at radius 1 is 1.03 bits per heavy atom. The topological polar surface area (TPSA) is 78.0 Å². The van der Waals surface area contributed by atoms with Gasteiger partial charge in [-0.05, 0) is 37.8 Å². The third kappa shape index (κ3) is 7.60. The number of amides is 2. The molecule has 2 aliphatic heterocycles. The van der Waals surface area contributed by atoms with Gasteiger partial charge in [-0.15, -0.1) is 12.4 Å². The zero-order chi connectivity index (χ0) is 25.4. The average Bonchev–Trinajstić information content (AvgIpc) is 3.36. The second kappa shape index (κ2) is 14.2. The molecule has 1 aromatic carbocycles. The number of rotatable bonds is 14. The molecule has 0 spiro atoms. The van der Waals surface area contributed by atoms with Crippen molar-refractivity contribution in [2.75, 3.05) is 31.3 Å². The number of sulfonamides is 1. The van der Waals surface area contributed by atoms with Crippen molar-refractivity contribution in [3.8, 4) is 0 Å². The normalized spacial score (nSPS) is 21.4. The van der Waals surface area contributed by atoms with Gasteiger partial charge < -0.3 is 9.80 Å². The minimum atomic E-state index is -3.62. The molecule has 7 nitrogen and oxygen atoms in total. The second-order valence-electron chi connectivity index (χ2n) is 10.2. The molecule has 0 saturated carbocycles.